The maximum Gasteiger partial charge on any atom is 0.289 e. The quantitative estimate of drug-likeness (QED) is 0.573. The lowest BCUT2D eigenvalue weighted by Crippen LogP contribution is -2.52. The highest BCUT2D eigenvalue weighted by Gasteiger charge is 2.40. The van der Waals surface area contributed by atoms with Crippen LogP contribution in [-0.2, 0) is 19.6 Å². The number of sulfonamides is 1. The number of amides is 1. The molecule has 0 spiro atoms. The minimum atomic E-state index is -4.17. The SMILES string of the molecule is O=C(NC[C@@H]1CCCO1)[C@@H]1CCCCN1S(=O)(=O)c1ccccc1[N+](=O)[O-]. The van der Waals surface area contributed by atoms with Gasteiger partial charge >= 0.3 is 0 Å². The number of piperidine rings is 1. The lowest BCUT2D eigenvalue weighted by molar-refractivity contribution is -0.387. The molecular formula is C17H23N3O6S. The Labute approximate surface area is 157 Å². The normalized spacial score (nSPS) is 23.9. The molecule has 9 nitrogen and oxygen atoms in total. The molecular weight excluding hydrogens is 374 g/mol. The minimum absolute atomic E-state index is 0.0437. The standard InChI is InChI=1S/C17H23N3O6S/c21-17(18-12-13-6-5-11-26-13)15-8-3-4-10-19(15)27(24,25)16-9-2-1-7-14(16)20(22)23/h1-2,7,9,13,15H,3-6,8,10-12H2,(H,18,21)/t13-,15-/m0/s1. The predicted molar refractivity (Wildman–Crippen MR) is 96.6 cm³/mol. The van der Waals surface area contributed by atoms with Crippen molar-refractivity contribution in [2.24, 2.45) is 0 Å². The van der Waals surface area contributed by atoms with Gasteiger partial charge in [-0.05, 0) is 31.7 Å². The molecule has 1 aromatic rings. The van der Waals surface area contributed by atoms with Gasteiger partial charge in [0.05, 0.1) is 11.0 Å². The summed E-state index contributed by atoms with van der Waals surface area (Å²) in [6.45, 7) is 1.17. The number of carbonyl (C=O) groups excluding carboxylic acids is 1. The third kappa shape index (κ3) is 4.28. The molecule has 0 bridgehead atoms. The molecule has 0 unspecified atom stereocenters. The molecule has 1 aromatic carbocycles. The van der Waals surface area contributed by atoms with Crippen LogP contribution in [0.3, 0.4) is 0 Å². The number of nitro benzene ring substituents is 1. The first-order valence-corrected chi connectivity index (χ1v) is 10.5. The van der Waals surface area contributed by atoms with E-state index in [-0.39, 0.29) is 23.5 Å². The number of hydrogen-bond donors (Lipinski definition) is 1. The average Bonchev–Trinajstić information content (AvgIpc) is 3.19. The second kappa shape index (κ2) is 8.32. The van der Waals surface area contributed by atoms with E-state index < -0.39 is 26.7 Å². The van der Waals surface area contributed by atoms with Gasteiger partial charge in [-0.15, -0.1) is 0 Å². The van der Waals surface area contributed by atoms with E-state index in [1.807, 2.05) is 0 Å². The molecule has 1 N–H and O–H groups in total. The summed E-state index contributed by atoms with van der Waals surface area (Å²) in [6, 6.07) is 4.35. The summed E-state index contributed by atoms with van der Waals surface area (Å²) in [7, 11) is -4.17. The molecule has 1 amide bonds. The third-order valence-electron chi connectivity index (χ3n) is 4.93. The molecule has 0 aromatic heterocycles. The summed E-state index contributed by atoms with van der Waals surface area (Å²) in [5, 5.41) is 14.0. The Morgan fingerprint density at radius 2 is 2.04 bits per heavy atom. The number of nitrogens with zero attached hydrogens (tertiary/aromatic N) is 2. The molecule has 148 valence electrons. The van der Waals surface area contributed by atoms with Crippen molar-refractivity contribution in [1.29, 1.82) is 0 Å². The van der Waals surface area contributed by atoms with Crippen LogP contribution in [0.4, 0.5) is 5.69 Å². The van der Waals surface area contributed by atoms with Crippen molar-refractivity contribution in [3.63, 3.8) is 0 Å². The molecule has 10 heteroatoms. The Morgan fingerprint density at radius 1 is 1.26 bits per heavy atom. The van der Waals surface area contributed by atoms with Gasteiger partial charge in [0.15, 0.2) is 4.90 Å². The van der Waals surface area contributed by atoms with Gasteiger partial charge in [-0.1, -0.05) is 18.6 Å². The fourth-order valence-corrected chi connectivity index (χ4v) is 5.36. The Bertz CT molecular complexity index is 807. The van der Waals surface area contributed by atoms with E-state index in [4.69, 9.17) is 4.74 Å². The molecule has 2 fully saturated rings. The number of nitro groups is 1. The summed E-state index contributed by atoms with van der Waals surface area (Å²) >= 11 is 0. The number of para-hydroxylation sites is 1. The van der Waals surface area contributed by atoms with Crippen molar-refractivity contribution in [3.05, 3.63) is 34.4 Å². The van der Waals surface area contributed by atoms with E-state index >= 15 is 0 Å². The first-order chi connectivity index (χ1) is 12.9. The fourth-order valence-electron chi connectivity index (χ4n) is 3.54. The Hall–Kier alpha value is -2.04. The monoisotopic (exact) mass is 397 g/mol. The molecule has 0 radical (unpaired) electrons. The van der Waals surface area contributed by atoms with E-state index in [0.29, 0.717) is 26.0 Å². The lowest BCUT2D eigenvalue weighted by Gasteiger charge is -2.33. The van der Waals surface area contributed by atoms with Crippen LogP contribution in [0, 0.1) is 10.1 Å². The molecule has 2 atom stereocenters. The zero-order valence-corrected chi connectivity index (χ0v) is 15.7. The van der Waals surface area contributed by atoms with Crippen molar-refractivity contribution in [1.82, 2.24) is 9.62 Å². The number of rotatable bonds is 6. The van der Waals surface area contributed by atoms with Crippen molar-refractivity contribution in [2.45, 2.75) is 49.1 Å². The molecule has 2 saturated heterocycles. The van der Waals surface area contributed by atoms with Crippen molar-refractivity contribution in [3.8, 4) is 0 Å². The maximum absolute atomic E-state index is 13.1. The van der Waals surface area contributed by atoms with Gasteiger partial charge in [0.1, 0.15) is 6.04 Å². The Morgan fingerprint density at radius 3 is 2.74 bits per heavy atom. The average molecular weight is 397 g/mol. The zero-order chi connectivity index (χ0) is 19.4. The van der Waals surface area contributed by atoms with Gasteiger partial charge in [0, 0.05) is 25.8 Å². The first kappa shape index (κ1) is 19.7. The van der Waals surface area contributed by atoms with E-state index in [0.717, 1.165) is 29.6 Å². The Balaban J connectivity index is 1.81. The summed E-state index contributed by atoms with van der Waals surface area (Å²) in [5.74, 6) is -0.382. The topological polar surface area (TPSA) is 119 Å². The van der Waals surface area contributed by atoms with Crippen LogP contribution in [0.15, 0.2) is 29.2 Å². The van der Waals surface area contributed by atoms with Crippen LogP contribution in [0.2, 0.25) is 0 Å². The molecule has 2 heterocycles. The van der Waals surface area contributed by atoms with Gasteiger partial charge in [-0.2, -0.15) is 4.31 Å². The van der Waals surface area contributed by atoms with Crippen LogP contribution >= 0.6 is 0 Å². The highest BCUT2D eigenvalue weighted by atomic mass is 32.2. The van der Waals surface area contributed by atoms with E-state index in [9.17, 15) is 23.3 Å². The molecule has 0 saturated carbocycles. The van der Waals surface area contributed by atoms with Crippen LogP contribution in [0.25, 0.3) is 0 Å². The molecule has 3 rings (SSSR count). The number of carbonyl (C=O) groups is 1. The van der Waals surface area contributed by atoms with Gasteiger partial charge in [-0.3, -0.25) is 14.9 Å². The lowest BCUT2D eigenvalue weighted by atomic mass is 10.0. The largest absolute Gasteiger partial charge is 0.376 e. The summed E-state index contributed by atoms with van der Waals surface area (Å²) < 4.78 is 32.8. The van der Waals surface area contributed by atoms with Crippen LogP contribution < -0.4 is 5.32 Å². The van der Waals surface area contributed by atoms with E-state index in [1.54, 1.807) is 0 Å². The first-order valence-electron chi connectivity index (χ1n) is 9.06. The highest BCUT2D eigenvalue weighted by Crippen LogP contribution is 2.30. The van der Waals surface area contributed by atoms with Gasteiger partial charge in [0.2, 0.25) is 5.91 Å². The zero-order valence-electron chi connectivity index (χ0n) is 14.9. The summed E-state index contributed by atoms with van der Waals surface area (Å²) in [6.07, 6.45) is 3.48. The predicted octanol–water partition coefficient (Wildman–Crippen LogP) is 1.43. The Kier molecular flexibility index (Phi) is 6.08. The van der Waals surface area contributed by atoms with Crippen molar-refractivity contribution in [2.75, 3.05) is 19.7 Å². The molecule has 0 aliphatic carbocycles. The van der Waals surface area contributed by atoms with Crippen LogP contribution in [-0.4, -0.2) is 55.4 Å². The summed E-state index contributed by atoms with van der Waals surface area (Å²) in [5.41, 5.74) is -0.485. The molecule has 2 aliphatic heterocycles. The third-order valence-corrected chi connectivity index (χ3v) is 6.89. The highest BCUT2D eigenvalue weighted by molar-refractivity contribution is 7.89. The maximum atomic E-state index is 13.1. The minimum Gasteiger partial charge on any atom is -0.376 e. The van der Waals surface area contributed by atoms with Crippen LogP contribution in [0.5, 0.6) is 0 Å². The second-order valence-corrected chi connectivity index (χ2v) is 8.59. The number of hydrogen-bond acceptors (Lipinski definition) is 6. The van der Waals surface area contributed by atoms with E-state index in [2.05, 4.69) is 5.32 Å². The number of nitrogens with one attached hydrogen (secondary N) is 1. The number of benzene rings is 1. The van der Waals surface area contributed by atoms with Gasteiger partial charge in [0.25, 0.3) is 15.7 Å². The van der Waals surface area contributed by atoms with Crippen LogP contribution in [0.1, 0.15) is 32.1 Å². The molecule has 27 heavy (non-hydrogen) atoms. The van der Waals surface area contributed by atoms with Crippen molar-refractivity contribution >= 4 is 21.6 Å². The second-order valence-electron chi connectivity index (χ2n) is 6.73. The van der Waals surface area contributed by atoms with Gasteiger partial charge in [-0.25, -0.2) is 8.42 Å². The molecule has 2 aliphatic rings. The fraction of sp³-hybridized carbons (Fsp3) is 0.588. The van der Waals surface area contributed by atoms with E-state index in [1.165, 1.54) is 18.2 Å². The smallest absolute Gasteiger partial charge is 0.289 e. The summed E-state index contributed by atoms with van der Waals surface area (Å²) in [4.78, 5) is 22.8. The van der Waals surface area contributed by atoms with Crippen molar-refractivity contribution < 1.29 is 22.9 Å². The number of ether oxygens (including phenoxy) is 1. The van der Waals surface area contributed by atoms with Gasteiger partial charge < -0.3 is 10.1 Å².